The van der Waals surface area contributed by atoms with E-state index in [1.54, 1.807) is 6.20 Å². The van der Waals surface area contributed by atoms with Crippen molar-refractivity contribution in [2.24, 2.45) is 0 Å². The maximum Gasteiger partial charge on any atom is 0.255 e. The molecule has 0 unspecified atom stereocenters. The molecule has 0 fully saturated rings. The molecule has 1 aliphatic rings. The molecule has 2 aromatic carbocycles. The minimum Gasteiger partial charge on any atom is -0.493 e. The van der Waals surface area contributed by atoms with E-state index in [0.717, 1.165) is 45.5 Å². The van der Waals surface area contributed by atoms with Crippen LogP contribution in [-0.2, 0) is 0 Å². The van der Waals surface area contributed by atoms with Gasteiger partial charge < -0.3 is 15.0 Å². The molecule has 29 heavy (non-hydrogen) atoms. The molecule has 2 heterocycles. The van der Waals surface area contributed by atoms with Crippen LogP contribution in [0, 0.1) is 0 Å². The van der Waals surface area contributed by atoms with Gasteiger partial charge in [-0.2, -0.15) is 0 Å². The van der Waals surface area contributed by atoms with Crippen molar-refractivity contribution in [2.45, 2.75) is 19.4 Å². The number of pyridine rings is 1. The Morgan fingerprint density at radius 2 is 1.97 bits per heavy atom. The zero-order chi connectivity index (χ0) is 20.5. The summed E-state index contributed by atoms with van der Waals surface area (Å²) in [6.45, 7) is 6.61. The number of hydrogen-bond acceptors (Lipinski definition) is 4. The summed E-state index contributed by atoms with van der Waals surface area (Å²) in [5.74, 6) is 0.699. The highest BCUT2D eigenvalue weighted by Crippen LogP contribution is 2.34. The molecule has 5 heteroatoms. The van der Waals surface area contributed by atoms with Gasteiger partial charge in [-0.25, -0.2) is 0 Å². The predicted molar refractivity (Wildman–Crippen MR) is 118 cm³/mol. The molecule has 0 bridgehead atoms. The number of carbonyl (C=O) groups excluding carboxylic acids is 1. The largest absolute Gasteiger partial charge is 0.493 e. The molecule has 1 N–H and O–H groups in total. The summed E-state index contributed by atoms with van der Waals surface area (Å²) in [5, 5.41) is 4.13. The van der Waals surface area contributed by atoms with Crippen molar-refractivity contribution in [3.05, 3.63) is 71.9 Å². The fourth-order valence-corrected chi connectivity index (χ4v) is 3.93. The molecule has 148 valence electrons. The van der Waals surface area contributed by atoms with Crippen LogP contribution in [-0.4, -0.2) is 31.6 Å². The van der Waals surface area contributed by atoms with Crippen LogP contribution < -0.4 is 15.0 Å². The Balaban J connectivity index is 1.75. The smallest absolute Gasteiger partial charge is 0.255 e. The molecular weight excluding hydrogens is 362 g/mol. The van der Waals surface area contributed by atoms with Gasteiger partial charge in [0.25, 0.3) is 5.91 Å². The quantitative estimate of drug-likeness (QED) is 0.712. The Hall–Kier alpha value is -3.34. The Kier molecular flexibility index (Phi) is 4.97. The van der Waals surface area contributed by atoms with Crippen LogP contribution in [0.4, 0.5) is 5.69 Å². The second-order valence-corrected chi connectivity index (χ2v) is 7.60. The van der Waals surface area contributed by atoms with Gasteiger partial charge in [-0.15, -0.1) is 0 Å². The lowest BCUT2D eigenvalue weighted by Crippen LogP contribution is -2.33. The number of rotatable bonds is 4. The molecule has 1 aliphatic heterocycles. The third kappa shape index (κ3) is 3.44. The molecule has 0 radical (unpaired) electrons. The van der Waals surface area contributed by atoms with Crippen LogP contribution in [0.2, 0.25) is 0 Å². The maximum absolute atomic E-state index is 13.3. The van der Waals surface area contributed by atoms with Gasteiger partial charge in [-0.05, 0) is 18.6 Å². The van der Waals surface area contributed by atoms with E-state index in [1.807, 2.05) is 68.4 Å². The van der Waals surface area contributed by atoms with Crippen LogP contribution in [0.3, 0.4) is 0 Å². The molecule has 4 rings (SSSR count). The lowest BCUT2D eigenvalue weighted by atomic mass is 9.99. The second kappa shape index (κ2) is 7.59. The van der Waals surface area contributed by atoms with Gasteiger partial charge in [0, 0.05) is 43.2 Å². The normalized spacial score (nSPS) is 15.3. The molecular formula is C24H25N3O2. The SMILES string of the molecule is C=C(C)c1cccc2c(N(C)C)c(C(=O)N[C@H]3CCOc4ccccc43)cnc12. The number of benzene rings is 2. The van der Waals surface area contributed by atoms with Crippen molar-refractivity contribution in [1.29, 1.82) is 0 Å². The Morgan fingerprint density at radius 1 is 1.17 bits per heavy atom. The Morgan fingerprint density at radius 3 is 2.72 bits per heavy atom. The zero-order valence-electron chi connectivity index (χ0n) is 17.0. The Bertz CT molecular complexity index is 1100. The number of fused-ring (bicyclic) bond motifs is 2. The first-order valence-corrected chi connectivity index (χ1v) is 9.75. The van der Waals surface area contributed by atoms with Crippen molar-refractivity contribution in [1.82, 2.24) is 10.3 Å². The van der Waals surface area contributed by atoms with Gasteiger partial charge in [-0.1, -0.05) is 43.0 Å². The van der Waals surface area contributed by atoms with Gasteiger partial charge in [0.05, 0.1) is 29.4 Å². The van der Waals surface area contributed by atoms with Crippen LogP contribution in [0.15, 0.2) is 55.2 Å². The maximum atomic E-state index is 13.3. The fraction of sp³-hybridized carbons (Fsp3) is 0.250. The minimum absolute atomic E-state index is 0.0834. The zero-order valence-corrected chi connectivity index (χ0v) is 17.0. The van der Waals surface area contributed by atoms with E-state index in [-0.39, 0.29) is 11.9 Å². The summed E-state index contributed by atoms with van der Waals surface area (Å²) >= 11 is 0. The van der Waals surface area contributed by atoms with E-state index in [0.29, 0.717) is 12.2 Å². The summed E-state index contributed by atoms with van der Waals surface area (Å²) < 4.78 is 5.72. The first kappa shape index (κ1) is 19.0. The van der Waals surface area contributed by atoms with Crippen LogP contribution in [0.5, 0.6) is 5.75 Å². The van der Waals surface area contributed by atoms with Gasteiger partial charge in [0.2, 0.25) is 0 Å². The van der Waals surface area contributed by atoms with Gasteiger partial charge in [-0.3, -0.25) is 9.78 Å². The van der Waals surface area contributed by atoms with E-state index in [4.69, 9.17) is 4.74 Å². The number of para-hydroxylation sites is 2. The highest BCUT2D eigenvalue weighted by atomic mass is 16.5. The average Bonchev–Trinajstić information content (AvgIpc) is 2.72. The highest BCUT2D eigenvalue weighted by molar-refractivity contribution is 6.09. The summed E-state index contributed by atoms with van der Waals surface area (Å²) in [7, 11) is 3.89. The molecule has 0 saturated carbocycles. The molecule has 5 nitrogen and oxygen atoms in total. The Labute approximate surface area is 171 Å². The highest BCUT2D eigenvalue weighted by Gasteiger charge is 2.25. The topological polar surface area (TPSA) is 54.5 Å². The van der Waals surface area contributed by atoms with Crippen molar-refractivity contribution in [2.75, 3.05) is 25.6 Å². The van der Waals surface area contributed by atoms with E-state index in [1.165, 1.54) is 0 Å². The molecule has 0 spiro atoms. The summed E-state index contributed by atoms with van der Waals surface area (Å²) in [4.78, 5) is 19.9. The molecule has 0 saturated heterocycles. The average molecular weight is 387 g/mol. The lowest BCUT2D eigenvalue weighted by Gasteiger charge is -2.27. The molecule has 1 atom stereocenters. The fourth-order valence-electron chi connectivity index (χ4n) is 3.93. The van der Waals surface area contributed by atoms with Crippen molar-refractivity contribution in [3.63, 3.8) is 0 Å². The second-order valence-electron chi connectivity index (χ2n) is 7.60. The van der Waals surface area contributed by atoms with Gasteiger partial charge in [0.1, 0.15) is 5.75 Å². The first-order chi connectivity index (χ1) is 14.0. The van der Waals surface area contributed by atoms with Gasteiger partial charge >= 0.3 is 0 Å². The minimum atomic E-state index is -0.134. The third-order valence-electron chi connectivity index (χ3n) is 5.28. The van der Waals surface area contributed by atoms with Gasteiger partial charge in [0.15, 0.2) is 0 Å². The molecule has 1 amide bonds. The molecule has 3 aromatic rings. The molecule has 0 aliphatic carbocycles. The number of aromatic nitrogens is 1. The standard InChI is InChI=1S/C24H25N3O2/c1-15(2)16-9-7-10-18-22(16)25-14-19(23(18)27(3)4)24(28)26-20-12-13-29-21-11-6-5-8-17(20)21/h5-11,14,20H,1,12-13H2,2-4H3,(H,26,28)/t20-/m0/s1. The summed E-state index contributed by atoms with van der Waals surface area (Å²) in [6, 6.07) is 13.8. The predicted octanol–water partition coefficient (Wildman–Crippen LogP) is 4.59. The number of hydrogen-bond donors (Lipinski definition) is 1. The lowest BCUT2D eigenvalue weighted by molar-refractivity contribution is 0.0925. The number of anilines is 1. The third-order valence-corrected chi connectivity index (χ3v) is 5.28. The van der Waals surface area contributed by atoms with E-state index >= 15 is 0 Å². The number of nitrogens with zero attached hydrogens (tertiary/aromatic N) is 2. The number of nitrogens with one attached hydrogen (secondary N) is 1. The van der Waals surface area contributed by atoms with E-state index < -0.39 is 0 Å². The van der Waals surface area contributed by atoms with Crippen molar-refractivity contribution in [3.8, 4) is 5.75 Å². The number of carbonyl (C=O) groups is 1. The van der Waals surface area contributed by atoms with E-state index in [2.05, 4.69) is 16.9 Å². The van der Waals surface area contributed by atoms with E-state index in [9.17, 15) is 4.79 Å². The van der Waals surface area contributed by atoms with Crippen molar-refractivity contribution < 1.29 is 9.53 Å². The number of amides is 1. The number of allylic oxidation sites excluding steroid dienone is 1. The molecule has 1 aromatic heterocycles. The summed E-state index contributed by atoms with van der Waals surface area (Å²) in [5.41, 5.74) is 5.23. The van der Waals surface area contributed by atoms with Crippen LogP contribution >= 0.6 is 0 Å². The summed E-state index contributed by atoms with van der Waals surface area (Å²) in [6.07, 6.45) is 2.41. The van der Waals surface area contributed by atoms with Crippen LogP contribution in [0.25, 0.3) is 16.5 Å². The number of ether oxygens (including phenoxy) is 1. The first-order valence-electron chi connectivity index (χ1n) is 9.75. The van der Waals surface area contributed by atoms with Crippen molar-refractivity contribution >= 4 is 28.1 Å². The van der Waals surface area contributed by atoms with Crippen LogP contribution in [0.1, 0.15) is 40.9 Å². The monoisotopic (exact) mass is 387 g/mol.